The first-order valence-corrected chi connectivity index (χ1v) is 19.6. The Labute approximate surface area is 323 Å². The molecule has 2 saturated heterocycles. The minimum Gasteiger partial charge on any atom is -0.465 e. The number of carboxylic acid groups (broad SMARTS) is 2. The second-order valence-electron chi connectivity index (χ2n) is 14.9. The number of aryl methyl sites for hydroxylation is 1. The standard InChI is InChI=1S/C31H36N4O2.C14H16N2O2/c1-24-32-29-16-8-9-17-30(29)35(24)28-18-20-34(31(36)37)27(21-28)15-10-19-33(22-25-11-4-2-5-12-25)23-26-13-6-3-7-14-26;17-14(18)15-8-6-12(7-9-15)16-10-5-11-3-1-2-4-13(11)16/h2-9,11-14,16-17,27-28H,10,15,18-23H2,1H3,(H,36,37);1-5,10,12H,6-9H2,(H,17,18)/t27-,28?;/m0./s1. The Balaban J connectivity index is 0.000000215. The summed E-state index contributed by atoms with van der Waals surface area (Å²) >= 11 is 0. The van der Waals surface area contributed by atoms with E-state index in [1.165, 1.54) is 26.9 Å². The van der Waals surface area contributed by atoms with Gasteiger partial charge in [0.05, 0.1) is 11.0 Å². The predicted molar refractivity (Wildman–Crippen MR) is 217 cm³/mol. The van der Waals surface area contributed by atoms with Gasteiger partial charge in [0.1, 0.15) is 5.82 Å². The Kier molecular flexibility index (Phi) is 12.1. The third kappa shape index (κ3) is 9.20. The third-order valence-electron chi connectivity index (χ3n) is 11.3. The zero-order chi connectivity index (χ0) is 38.1. The van der Waals surface area contributed by atoms with Crippen LogP contribution >= 0.6 is 0 Å². The molecular weight excluding hydrogens is 689 g/mol. The van der Waals surface area contributed by atoms with E-state index >= 15 is 0 Å². The van der Waals surface area contributed by atoms with Gasteiger partial charge in [-0.2, -0.15) is 0 Å². The van der Waals surface area contributed by atoms with Crippen molar-refractivity contribution < 1.29 is 19.8 Å². The number of para-hydroxylation sites is 3. The molecule has 2 atom stereocenters. The van der Waals surface area contributed by atoms with Crippen LogP contribution < -0.4 is 0 Å². The topological polar surface area (TPSA) is 107 Å². The highest BCUT2D eigenvalue weighted by molar-refractivity contribution is 5.80. The summed E-state index contributed by atoms with van der Waals surface area (Å²) in [6.07, 6.45) is 5.75. The Morgan fingerprint density at radius 2 is 1.31 bits per heavy atom. The predicted octanol–water partition coefficient (Wildman–Crippen LogP) is 9.47. The summed E-state index contributed by atoms with van der Waals surface area (Å²) in [5, 5.41) is 20.1. The summed E-state index contributed by atoms with van der Waals surface area (Å²) in [7, 11) is 0. The number of rotatable bonds is 10. The summed E-state index contributed by atoms with van der Waals surface area (Å²) in [5.41, 5.74) is 5.99. The van der Waals surface area contributed by atoms with Gasteiger partial charge < -0.3 is 29.1 Å². The first-order chi connectivity index (χ1) is 26.8. The molecule has 2 aliphatic heterocycles. The lowest BCUT2D eigenvalue weighted by Crippen LogP contribution is -2.46. The number of imidazole rings is 1. The molecule has 2 fully saturated rings. The highest BCUT2D eigenvalue weighted by Gasteiger charge is 2.33. The molecule has 10 nitrogen and oxygen atoms in total. The fourth-order valence-corrected chi connectivity index (χ4v) is 8.62. The monoisotopic (exact) mass is 740 g/mol. The second kappa shape index (κ2) is 17.7. The number of hydrogen-bond acceptors (Lipinski definition) is 4. The van der Waals surface area contributed by atoms with Crippen molar-refractivity contribution in [2.45, 2.75) is 76.7 Å². The zero-order valence-corrected chi connectivity index (χ0v) is 31.7. The molecule has 2 aromatic heterocycles. The molecule has 0 aliphatic carbocycles. The molecule has 6 aromatic rings. The lowest BCUT2D eigenvalue weighted by Gasteiger charge is -2.39. The van der Waals surface area contributed by atoms with Crippen LogP contribution in [0.3, 0.4) is 0 Å². The molecule has 2 N–H and O–H groups in total. The number of hydrogen-bond donors (Lipinski definition) is 2. The summed E-state index contributed by atoms with van der Waals surface area (Å²) in [5.74, 6) is 1.01. The molecule has 4 aromatic carbocycles. The molecule has 2 aliphatic rings. The molecule has 55 heavy (non-hydrogen) atoms. The van der Waals surface area contributed by atoms with Crippen molar-refractivity contribution in [3.05, 3.63) is 138 Å². The van der Waals surface area contributed by atoms with Gasteiger partial charge >= 0.3 is 12.2 Å². The second-order valence-corrected chi connectivity index (χ2v) is 14.9. The molecule has 1 unspecified atom stereocenters. The highest BCUT2D eigenvalue weighted by atomic mass is 16.4. The van der Waals surface area contributed by atoms with Gasteiger partial charge in [0.25, 0.3) is 0 Å². The van der Waals surface area contributed by atoms with Crippen molar-refractivity contribution in [2.75, 3.05) is 26.2 Å². The van der Waals surface area contributed by atoms with Crippen LogP contribution in [-0.2, 0) is 13.1 Å². The minimum absolute atomic E-state index is 0.00659. The molecule has 0 saturated carbocycles. The molecule has 2 amide bonds. The van der Waals surface area contributed by atoms with Gasteiger partial charge in [-0.05, 0) is 92.8 Å². The Hall–Kier alpha value is -5.61. The van der Waals surface area contributed by atoms with E-state index in [0.717, 1.165) is 75.0 Å². The van der Waals surface area contributed by atoms with E-state index in [-0.39, 0.29) is 12.1 Å². The lowest BCUT2D eigenvalue weighted by molar-refractivity contribution is 0.0855. The van der Waals surface area contributed by atoms with E-state index < -0.39 is 12.2 Å². The number of likely N-dealkylation sites (tertiary alicyclic amines) is 2. The highest BCUT2D eigenvalue weighted by Crippen LogP contribution is 2.33. The molecule has 286 valence electrons. The first kappa shape index (κ1) is 37.7. The lowest BCUT2D eigenvalue weighted by atomic mass is 9.93. The Bertz CT molecular complexity index is 2120. The zero-order valence-electron chi connectivity index (χ0n) is 31.7. The van der Waals surface area contributed by atoms with Crippen molar-refractivity contribution in [2.24, 2.45) is 0 Å². The van der Waals surface area contributed by atoms with E-state index in [1.807, 2.05) is 18.2 Å². The number of carbonyl (C=O) groups is 2. The number of benzene rings is 4. The maximum absolute atomic E-state index is 12.1. The van der Waals surface area contributed by atoms with Crippen LogP contribution in [-0.4, -0.2) is 83.4 Å². The molecule has 8 rings (SSSR count). The van der Waals surface area contributed by atoms with Crippen LogP contribution in [0.2, 0.25) is 0 Å². The quantitative estimate of drug-likeness (QED) is 0.145. The van der Waals surface area contributed by atoms with Crippen molar-refractivity contribution in [1.82, 2.24) is 28.8 Å². The van der Waals surface area contributed by atoms with E-state index in [2.05, 4.69) is 124 Å². The van der Waals surface area contributed by atoms with Crippen LogP contribution in [0.25, 0.3) is 21.9 Å². The van der Waals surface area contributed by atoms with Gasteiger partial charge in [0.15, 0.2) is 0 Å². The Morgan fingerprint density at radius 3 is 1.96 bits per heavy atom. The average Bonchev–Trinajstić information content (AvgIpc) is 3.79. The fourth-order valence-electron chi connectivity index (χ4n) is 8.62. The maximum Gasteiger partial charge on any atom is 0.407 e. The van der Waals surface area contributed by atoms with Crippen LogP contribution in [0.4, 0.5) is 9.59 Å². The van der Waals surface area contributed by atoms with Crippen molar-refractivity contribution in [1.29, 1.82) is 0 Å². The van der Waals surface area contributed by atoms with Crippen molar-refractivity contribution in [3.63, 3.8) is 0 Å². The van der Waals surface area contributed by atoms with Gasteiger partial charge in [-0.3, -0.25) is 4.90 Å². The normalized spacial score (nSPS) is 17.7. The third-order valence-corrected chi connectivity index (χ3v) is 11.3. The fraction of sp³-hybridized carbons (Fsp3) is 0.356. The number of aromatic nitrogens is 3. The number of fused-ring (bicyclic) bond motifs is 2. The smallest absolute Gasteiger partial charge is 0.407 e. The van der Waals surface area contributed by atoms with Gasteiger partial charge in [-0.1, -0.05) is 91.0 Å². The van der Waals surface area contributed by atoms with Crippen molar-refractivity contribution in [3.8, 4) is 0 Å². The van der Waals surface area contributed by atoms with Gasteiger partial charge in [-0.25, -0.2) is 14.6 Å². The molecular formula is C45H52N6O4. The summed E-state index contributed by atoms with van der Waals surface area (Å²) < 4.78 is 4.62. The van der Waals surface area contributed by atoms with Crippen LogP contribution in [0.5, 0.6) is 0 Å². The van der Waals surface area contributed by atoms with Crippen LogP contribution in [0.1, 0.15) is 67.6 Å². The van der Waals surface area contributed by atoms with Crippen LogP contribution in [0.15, 0.2) is 121 Å². The van der Waals surface area contributed by atoms with E-state index in [1.54, 1.807) is 4.90 Å². The van der Waals surface area contributed by atoms with Crippen LogP contribution in [0, 0.1) is 6.92 Å². The van der Waals surface area contributed by atoms with E-state index in [9.17, 15) is 14.7 Å². The summed E-state index contributed by atoms with van der Waals surface area (Å²) in [6, 6.07) is 40.5. The molecule has 4 heterocycles. The number of piperidine rings is 2. The summed E-state index contributed by atoms with van der Waals surface area (Å²) in [6.45, 7) is 6.57. The average molecular weight is 741 g/mol. The molecule has 0 radical (unpaired) electrons. The first-order valence-electron chi connectivity index (χ1n) is 19.6. The number of amides is 2. The largest absolute Gasteiger partial charge is 0.465 e. The van der Waals surface area contributed by atoms with Gasteiger partial charge in [0, 0.05) is 62.6 Å². The van der Waals surface area contributed by atoms with Gasteiger partial charge in [0.2, 0.25) is 0 Å². The number of nitrogens with zero attached hydrogens (tertiary/aromatic N) is 6. The summed E-state index contributed by atoms with van der Waals surface area (Å²) in [4.78, 5) is 33.4. The Morgan fingerprint density at radius 1 is 0.709 bits per heavy atom. The molecule has 0 bridgehead atoms. The van der Waals surface area contributed by atoms with Gasteiger partial charge in [-0.15, -0.1) is 0 Å². The molecule has 0 spiro atoms. The SMILES string of the molecule is Cc1nc2ccccc2n1C1CCN(C(=O)O)[C@@H](CCCN(Cc2ccccc2)Cc2ccccc2)C1.O=C(O)N1CCC(n2ccc3ccccc32)CC1. The molecule has 10 heteroatoms. The maximum atomic E-state index is 12.1. The van der Waals surface area contributed by atoms with E-state index in [0.29, 0.717) is 25.7 Å². The minimum atomic E-state index is -0.805. The van der Waals surface area contributed by atoms with E-state index in [4.69, 9.17) is 10.1 Å². The van der Waals surface area contributed by atoms with Crippen molar-refractivity contribution >= 4 is 34.1 Å².